The number of carbonyl (C=O) groups excluding carboxylic acids is 2. The molecule has 0 unspecified atom stereocenters. The van der Waals surface area contributed by atoms with Gasteiger partial charge in [-0.2, -0.15) is 0 Å². The zero-order valence-electron chi connectivity index (χ0n) is 19.9. The fraction of sp³-hybridized carbons (Fsp3) is 0.462. The van der Waals surface area contributed by atoms with Gasteiger partial charge in [0.1, 0.15) is 23.4 Å². The van der Waals surface area contributed by atoms with E-state index in [4.69, 9.17) is 9.47 Å². The van der Waals surface area contributed by atoms with Crippen LogP contribution >= 0.6 is 15.9 Å². The molecule has 0 radical (unpaired) electrons. The number of rotatable bonds is 7. The summed E-state index contributed by atoms with van der Waals surface area (Å²) in [6.45, 7) is 3.95. The first-order chi connectivity index (χ1) is 16.9. The third-order valence-corrected chi connectivity index (χ3v) is 7.06. The Hall–Kier alpha value is -2.65. The van der Waals surface area contributed by atoms with E-state index < -0.39 is 0 Å². The van der Waals surface area contributed by atoms with Crippen LogP contribution in [0.5, 0.6) is 11.5 Å². The highest BCUT2D eigenvalue weighted by molar-refractivity contribution is 9.10. The summed E-state index contributed by atoms with van der Waals surface area (Å²) in [6, 6.07) is 13.2. The predicted molar refractivity (Wildman–Crippen MR) is 134 cm³/mol. The number of nitrogens with zero attached hydrogens (tertiary/aromatic N) is 3. The largest absolute Gasteiger partial charge is 0.490 e. The third kappa shape index (κ3) is 7.18. The Labute approximate surface area is 213 Å². The van der Waals surface area contributed by atoms with Crippen LogP contribution in [0.4, 0.5) is 4.39 Å². The Balaban J connectivity index is 1.40. The van der Waals surface area contributed by atoms with Gasteiger partial charge in [0.15, 0.2) is 6.61 Å². The lowest BCUT2D eigenvalue weighted by Crippen LogP contribution is -2.52. The van der Waals surface area contributed by atoms with Crippen LogP contribution in [0.1, 0.15) is 12.8 Å². The fourth-order valence-electron chi connectivity index (χ4n) is 4.48. The maximum absolute atomic E-state index is 13.1. The Morgan fingerprint density at radius 1 is 0.971 bits per heavy atom. The van der Waals surface area contributed by atoms with Crippen molar-refractivity contribution >= 4 is 27.7 Å². The van der Waals surface area contributed by atoms with Crippen LogP contribution in [-0.4, -0.2) is 85.5 Å². The van der Waals surface area contributed by atoms with E-state index in [1.165, 1.54) is 24.3 Å². The molecule has 0 N–H and O–H groups in total. The normalized spacial score (nSPS) is 21.0. The average molecular weight is 548 g/mol. The fourth-order valence-corrected chi connectivity index (χ4v) is 4.86. The molecule has 0 bridgehead atoms. The van der Waals surface area contributed by atoms with E-state index in [2.05, 4.69) is 27.9 Å². The number of hydrogen-bond donors (Lipinski definition) is 0. The van der Waals surface area contributed by atoms with Gasteiger partial charge >= 0.3 is 0 Å². The zero-order valence-corrected chi connectivity index (χ0v) is 21.5. The van der Waals surface area contributed by atoms with Gasteiger partial charge in [0.05, 0.1) is 0 Å². The lowest BCUT2D eigenvalue weighted by Gasteiger charge is -2.40. The summed E-state index contributed by atoms with van der Waals surface area (Å²) in [7, 11) is 2.06. The van der Waals surface area contributed by atoms with Crippen molar-refractivity contribution in [3.8, 4) is 11.5 Å². The summed E-state index contributed by atoms with van der Waals surface area (Å²) < 4.78 is 25.9. The number of piperidine rings is 1. The molecule has 2 amide bonds. The number of ether oxygens (including phenoxy) is 2. The van der Waals surface area contributed by atoms with Gasteiger partial charge in [-0.25, -0.2) is 4.39 Å². The van der Waals surface area contributed by atoms with Gasteiger partial charge in [-0.05, 0) is 49.5 Å². The summed E-state index contributed by atoms with van der Waals surface area (Å²) >= 11 is 3.48. The molecule has 2 atom stereocenters. The predicted octanol–water partition coefficient (Wildman–Crippen LogP) is 3.43. The van der Waals surface area contributed by atoms with E-state index in [0.717, 1.165) is 23.3 Å². The summed E-state index contributed by atoms with van der Waals surface area (Å²) in [5.41, 5.74) is 0. The van der Waals surface area contributed by atoms with Crippen LogP contribution in [0.25, 0.3) is 0 Å². The van der Waals surface area contributed by atoms with Gasteiger partial charge in [0.2, 0.25) is 5.91 Å². The van der Waals surface area contributed by atoms with E-state index in [9.17, 15) is 14.0 Å². The molecule has 4 rings (SSSR count). The van der Waals surface area contributed by atoms with Gasteiger partial charge in [0.25, 0.3) is 5.91 Å². The molecule has 2 aliphatic heterocycles. The second kappa shape index (κ2) is 11.9. The van der Waals surface area contributed by atoms with Gasteiger partial charge in [0, 0.05) is 62.5 Å². The van der Waals surface area contributed by atoms with Crippen molar-refractivity contribution < 1.29 is 23.5 Å². The maximum atomic E-state index is 13.1. The maximum Gasteiger partial charge on any atom is 0.260 e. The second-order valence-corrected chi connectivity index (χ2v) is 10.0. The second-order valence-electron chi connectivity index (χ2n) is 9.13. The standard InChI is InChI=1S/C26H31BrFN3O4/c1-29-11-13-30(14-12-29)25(32)15-19-17-31(26(33)18-34-22-7-5-21(28)6-8-22)10-9-24(19)35-23-4-2-3-20(27)16-23/h2-8,16,19,24H,9-15,17-18H2,1H3/t19-,24-/m0/s1. The minimum absolute atomic E-state index is 0.0998. The van der Waals surface area contributed by atoms with Crippen LogP contribution in [0.3, 0.4) is 0 Å². The van der Waals surface area contributed by atoms with Crippen molar-refractivity contribution in [3.05, 3.63) is 58.8 Å². The van der Waals surface area contributed by atoms with Gasteiger partial charge < -0.3 is 24.2 Å². The molecule has 2 aliphatic rings. The number of likely N-dealkylation sites (tertiary alicyclic amines) is 1. The molecule has 2 aromatic rings. The van der Waals surface area contributed by atoms with Gasteiger partial charge in [-0.3, -0.25) is 9.59 Å². The van der Waals surface area contributed by atoms with Crippen molar-refractivity contribution in [1.29, 1.82) is 0 Å². The summed E-state index contributed by atoms with van der Waals surface area (Å²) in [5, 5.41) is 0. The van der Waals surface area contributed by atoms with Gasteiger partial charge in [-0.1, -0.05) is 22.0 Å². The van der Waals surface area contributed by atoms with Crippen LogP contribution in [-0.2, 0) is 9.59 Å². The van der Waals surface area contributed by atoms with Crippen molar-refractivity contribution in [3.63, 3.8) is 0 Å². The smallest absolute Gasteiger partial charge is 0.260 e. The Morgan fingerprint density at radius 3 is 2.43 bits per heavy atom. The molecule has 0 aliphatic carbocycles. The van der Waals surface area contributed by atoms with E-state index in [-0.39, 0.29) is 36.3 Å². The summed E-state index contributed by atoms with van der Waals surface area (Å²) in [5.74, 6) is 0.624. The molecular weight excluding hydrogens is 517 g/mol. The number of carbonyl (C=O) groups is 2. The van der Waals surface area contributed by atoms with Crippen molar-refractivity contribution in [2.45, 2.75) is 18.9 Å². The lowest BCUT2D eigenvalue weighted by atomic mass is 9.90. The minimum atomic E-state index is -0.357. The molecule has 7 nitrogen and oxygen atoms in total. The van der Waals surface area contributed by atoms with Crippen molar-refractivity contribution in [2.75, 3.05) is 52.9 Å². The molecular formula is C26H31BrFN3O4. The molecule has 2 fully saturated rings. The topological polar surface area (TPSA) is 62.3 Å². The van der Waals surface area contributed by atoms with Crippen molar-refractivity contribution in [2.24, 2.45) is 5.92 Å². The quantitative estimate of drug-likeness (QED) is 0.531. The molecule has 35 heavy (non-hydrogen) atoms. The molecule has 0 aromatic heterocycles. The van der Waals surface area contributed by atoms with E-state index in [0.29, 0.717) is 44.8 Å². The molecule has 2 saturated heterocycles. The Bertz CT molecular complexity index is 1010. The number of halogens is 2. The number of likely N-dealkylation sites (N-methyl/N-ethyl adjacent to an activating group) is 1. The molecule has 0 saturated carbocycles. The first kappa shape index (κ1) is 25.4. The first-order valence-electron chi connectivity index (χ1n) is 11.9. The van der Waals surface area contributed by atoms with Crippen LogP contribution in [0, 0.1) is 11.7 Å². The van der Waals surface area contributed by atoms with E-state index in [1.807, 2.05) is 29.2 Å². The Morgan fingerprint density at radius 2 is 1.71 bits per heavy atom. The number of hydrogen-bond acceptors (Lipinski definition) is 5. The zero-order chi connectivity index (χ0) is 24.8. The highest BCUT2D eigenvalue weighted by Crippen LogP contribution is 2.28. The number of benzene rings is 2. The SMILES string of the molecule is CN1CCN(C(=O)C[C@H]2CN(C(=O)COc3ccc(F)cc3)CC[C@@H]2Oc2cccc(Br)c2)CC1. The van der Waals surface area contributed by atoms with Crippen molar-refractivity contribution in [1.82, 2.24) is 14.7 Å². The van der Waals surface area contributed by atoms with Crippen LogP contribution in [0.2, 0.25) is 0 Å². The molecule has 2 aromatic carbocycles. The van der Waals surface area contributed by atoms with Crippen LogP contribution < -0.4 is 9.47 Å². The molecule has 2 heterocycles. The monoisotopic (exact) mass is 547 g/mol. The summed E-state index contributed by atoms with van der Waals surface area (Å²) in [6.07, 6.45) is 0.767. The third-order valence-electron chi connectivity index (χ3n) is 6.57. The summed E-state index contributed by atoms with van der Waals surface area (Å²) in [4.78, 5) is 31.9. The number of amides is 2. The van der Waals surface area contributed by atoms with E-state index >= 15 is 0 Å². The highest BCUT2D eigenvalue weighted by atomic mass is 79.9. The van der Waals surface area contributed by atoms with Crippen LogP contribution in [0.15, 0.2) is 53.0 Å². The number of piperazine rings is 1. The minimum Gasteiger partial charge on any atom is -0.490 e. The van der Waals surface area contributed by atoms with Gasteiger partial charge in [-0.15, -0.1) is 0 Å². The highest BCUT2D eigenvalue weighted by Gasteiger charge is 2.35. The Kier molecular flexibility index (Phi) is 8.62. The average Bonchev–Trinajstić information content (AvgIpc) is 2.85. The molecule has 0 spiro atoms. The lowest BCUT2D eigenvalue weighted by molar-refractivity contribution is -0.141. The van der Waals surface area contributed by atoms with E-state index in [1.54, 1.807) is 4.90 Å². The molecule has 188 valence electrons. The first-order valence-corrected chi connectivity index (χ1v) is 12.7. The molecule has 9 heteroatoms.